The molecule has 2 saturated heterocycles. The number of benzene rings is 1. The highest BCUT2D eigenvalue weighted by Crippen LogP contribution is 2.29. The van der Waals surface area contributed by atoms with Gasteiger partial charge in [-0.2, -0.15) is 5.26 Å². The van der Waals surface area contributed by atoms with Gasteiger partial charge in [-0.25, -0.2) is 4.98 Å². The third-order valence-corrected chi connectivity index (χ3v) is 7.26. The normalized spacial score (nSPS) is 21.1. The molecule has 0 saturated carbocycles. The number of nitriles is 1. The van der Waals surface area contributed by atoms with Crippen molar-refractivity contribution in [2.45, 2.75) is 44.2 Å². The van der Waals surface area contributed by atoms with E-state index in [4.69, 9.17) is 16.0 Å². The van der Waals surface area contributed by atoms with E-state index in [1.54, 1.807) is 16.2 Å². The standard InChI is InChI=1S/C22H30N6OS/c23-16-17-6-5-11-28(17)21(29)18(24)7-3-4-10-26-12-14-27(15-13-26)22-25-19-8-1-2-9-20(19)30-22/h1-2,8-9,17-18H,3-7,10-15,24H2/t17-,18-/m0/s1. The second kappa shape index (κ2) is 9.73. The fraction of sp³-hybridized carbons (Fsp3) is 0.591. The van der Waals surface area contributed by atoms with Crippen molar-refractivity contribution < 1.29 is 4.79 Å². The molecule has 160 valence electrons. The van der Waals surface area contributed by atoms with Crippen molar-refractivity contribution in [1.29, 1.82) is 5.26 Å². The monoisotopic (exact) mass is 426 g/mol. The summed E-state index contributed by atoms with van der Waals surface area (Å²) in [4.78, 5) is 23.8. The van der Waals surface area contributed by atoms with Crippen LogP contribution in [0.15, 0.2) is 24.3 Å². The predicted molar refractivity (Wildman–Crippen MR) is 120 cm³/mol. The van der Waals surface area contributed by atoms with Crippen LogP contribution < -0.4 is 10.6 Å². The topological polar surface area (TPSA) is 89.5 Å². The number of hydrogen-bond donors (Lipinski definition) is 1. The molecule has 7 nitrogen and oxygen atoms in total. The van der Waals surface area contributed by atoms with E-state index >= 15 is 0 Å². The number of carbonyl (C=O) groups is 1. The first-order valence-electron chi connectivity index (χ1n) is 10.9. The third kappa shape index (κ3) is 4.75. The summed E-state index contributed by atoms with van der Waals surface area (Å²) < 4.78 is 1.25. The number of aromatic nitrogens is 1. The molecule has 2 aliphatic heterocycles. The summed E-state index contributed by atoms with van der Waals surface area (Å²) in [6, 6.07) is 9.77. The van der Waals surface area contributed by atoms with E-state index in [0.717, 1.165) is 69.1 Å². The van der Waals surface area contributed by atoms with Gasteiger partial charge in [-0.15, -0.1) is 0 Å². The molecular formula is C22H30N6OS. The van der Waals surface area contributed by atoms with Gasteiger partial charge in [0.25, 0.3) is 0 Å². The van der Waals surface area contributed by atoms with E-state index in [9.17, 15) is 4.79 Å². The Labute approximate surface area is 182 Å². The maximum absolute atomic E-state index is 12.5. The van der Waals surface area contributed by atoms with Crippen molar-refractivity contribution in [3.05, 3.63) is 24.3 Å². The quantitative estimate of drug-likeness (QED) is 0.684. The van der Waals surface area contributed by atoms with Gasteiger partial charge in [0.2, 0.25) is 5.91 Å². The van der Waals surface area contributed by atoms with Crippen LogP contribution in [0.5, 0.6) is 0 Å². The van der Waals surface area contributed by atoms with E-state index in [2.05, 4.69) is 34.1 Å². The minimum absolute atomic E-state index is 0.0523. The van der Waals surface area contributed by atoms with Gasteiger partial charge in [0, 0.05) is 32.7 Å². The summed E-state index contributed by atoms with van der Waals surface area (Å²) in [7, 11) is 0. The molecule has 4 rings (SSSR count). The molecule has 1 aromatic carbocycles. The third-order valence-electron chi connectivity index (χ3n) is 6.17. The number of unbranched alkanes of at least 4 members (excludes halogenated alkanes) is 1. The summed E-state index contributed by atoms with van der Waals surface area (Å²) in [6.45, 7) is 5.80. The van der Waals surface area contributed by atoms with Gasteiger partial charge in [0.1, 0.15) is 6.04 Å². The molecule has 0 aliphatic carbocycles. The van der Waals surface area contributed by atoms with Crippen LogP contribution in [0.25, 0.3) is 10.2 Å². The smallest absolute Gasteiger partial charge is 0.240 e. The molecule has 2 N–H and O–H groups in total. The zero-order chi connectivity index (χ0) is 20.9. The molecule has 2 aliphatic rings. The summed E-state index contributed by atoms with van der Waals surface area (Å²) in [5.74, 6) is -0.0523. The zero-order valence-electron chi connectivity index (χ0n) is 17.4. The van der Waals surface area contributed by atoms with E-state index in [1.807, 2.05) is 6.07 Å². The summed E-state index contributed by atoms with van der Waals surface area (Å²) >= 11 is 1.77. The van der Waals surface area contributed by atoms with Gasteiger partial charge in [-0.05, 0) is 44.4 Å². The Morgan fingerprint density at radius 2 is 2.03 bits per heavy atom. The van der Waals surface area contributed by atoms with Crippen LogP contribution in [-0.2, 0) is 4.79 Å². The molecule has 2 fully saturated rings. The first-order chi connectivity index (χ1) is 14.7. The lowest BCUT2D eigenvalue weighted by Gasteiger charge is -2.34. The molecule has 3 heterocycles. The van der Waals surface area contributed by atoms with Crippen LogP contribution >= 0.6 is 11.3 Å². The van der Waals surface area contributed by atoms with Gasteiger partial charge < -0.3 is 15.5 Å². The largest absolute Gasteiger partial charge is 0.345 e. The van der Waals surface area contributed by atoms with Gasteiger partial charge in [-0.3, -0.25) is 9.69 Å². The Bertz CT molecular complexity index is 867. The number of thiazole rings is 1. The highest BCUT2D eigenvalue weighted by atomic mass is 32.1. The molecule has 0 radical (unpaired) electrons. The van der Waals surface area contributed by atoms with Crippen molar-refractivity contribution in [3.63, 3.8) is 0 Å². The van der Waals surface area contributed by atoms with Gasteiger partial charge in [-0.1, -0.05) is 29.9 Å². The van der Waals surface area contributed by atoms with Crippen molar-refractivity contribution in [1.82, 2.24) is 14.8 Å². The van der Waals surface area contributed by atoms with Crippen molar-refractivity contribution in [2.75, 3.05) is 44.2 Å². The molecule has 1 amide bonds. The van der Waals surface area contributed by atoms with Crippen LogP contribution in [-0.4, -0.2) is 72.0 Å². The number of likely N-dealkylation sites (tertiary alicyclic amines) is 1. The lowest BCUT2D eigenvalue weighted by atomic mass is 10.1. The van der Waals surface area contributed by atoms with Crippen molar-refractivity contribution in [2.24, 2.45) is 5.73 Å². The number of amides is 1. The number of fused-ring (bicyclic) bond motifs is 1. The molecule has 0 bridgehead atoms. The number of nitrogens with zero attached hydrogens (tertiary/aromatic N) is 5. The molecule has 8 heteroatoms. The molecular weight excluding hydrogens is 396 g/mol. The van der Waals surface area contributed by atoms with Crippen LogP contribution in [0, 0.1) is 11.3 Å². The van der Waals surface area contributed by atoms with Crippen LogP contribution in [0.3, 0.4) is 0 Å². The second-order valence-electron chi connectivity index (χ2n) is 8.21. The number of rotatable bonds is 7. The fourth-order valence-electron chi connectivity index (χ4n) is 4.36. The van der Waals surface area contributed by atoms with E-state index in [1.165, 1.54) is 4.70 Å². The molecule has 1 aromatic heterocycles. The Morgan fingerprint density at radius 1 is 1.23 bits per heavy atom. The summed E-state index contributed by atoms with van der Waals surface area (Å²) in [5.41, 5.74) is 7.21. The van der Waals surface area contributed by atoms with E-state index in [0.29, 0.717) is 13.0 Å². The van der Waals surface area contributed by atoms with Gasteiger partial charge in [0.15, 0.2) is 5.13 Å². The predicted octanol–water partition coefficient (Wildman–Crippen LogP) is 2.43. The van der Waals surface area contributed by atoms with Crippen LogP contribution in [0.4, 0.5) is 5.13 Å². The van der Waals surface area contributed by atoms with Crippen molar-refractivity contribution >= 4 is 32.6 Å². The molecule has 0 unspecified atom stereocenters. The number of nitrogens with two attached hydrogens (primary N) is 1. The first kappa shape index (κ1) is 21.0. The van der Waals surface area contributed by atoms with Crippen LogP contribution in [0.2, 0.25) is 0 Å². The average Bonchev–Trinajstić information content (AvgIpc) is 3.43. The fourth-order valence-corrected chi connectivity index (χ4v) is 5.38. The molecule has 30 heavy (non-hydrogen) atoms. The van der Waals surface area contributed by atoms with E-state index < -0.39 is 6.04 Å². The number of hydrogen-bond acceptors (Lipinski definition) is 7. The van der Waals surface area contributed by atoms with Crippen LogP contribution in [0.1, 0.15) is 32.1 Å². The zero-order valence-corrected chi connectivity index (χ0v) is 18.2. The number of piperazine rings is 1. The number of carbonyl (C=O) groups excluding carboxylic acids is 1. The second-order valence-corrected chi connectivity index (χ2v) is 9.22. The Morgan fingerprint density at radius 3 is 2.80 bits per heavy atom. The minimum Gasteiger partial charge on any atom is -0.345 e. The number of para-hydroxylation sites is 1. The first-order valence-corrected chi connectivity index (χ1v) is 11.8. The SMILES string of the molecule is N#C[C@@H]1CCCN1C(=O)[C@@H](N)CCCCN1CCN(c2nc3ccccc3s2)CC1. The molecule has 2 aromatic rings. The summed E-state index contributed by atoms with van der Waals surface area (Å²) in [6.07, 6.45) is 4.36. The maximum Gasteiger partial charge on any atom is 0.240 e. The van der Waals surface area contributed by atoms with E-state index in [-0.39, 0.29) is 11.9 Å². The lowest BCUT2D eigenvalue weighted by Crippen LogP contribution is -2.47. The van der Waals surface area contributed by atoms with Gasteiger partial charge >= 0.3 is 0 Å². The lowest BCUT2D eigenvalue weighted by molar-refractivity contribution is -0.132. The minimum atomic E-state index is -0.477. The highest BCUT2D eigenvalue weighted by molar-refractivity contribution is 7.22. The summed E-state index contributed by atoms with van der Waals surface area (Å²) in [5, 5.41) is 10.3. The average molecular weight is 427 g/mol. The Balaban J connectivity index is 1.15. The van der Waals surface area contributed by atoms with Gasteiger partial charge in [0.05, 0.1) is 22.3 Å². The molecule has 2 atom stereocenters. The maximum atomic E-state index is 12.5. The Hall–Kier alpha value is -2.21. The molecule has 0 spiro atoms. The number of anilines is 1. The highest BCUT2D eigenvalue weighted by Gasteiger charge is 2.31. The van der Waals surface area contributed by atoms with Crippen molar-refractivity contribution in [3.8, 4) is 6.07 Å². The Kier molecular flexibility index (Phi) is 6.82.